The fourth-order valence-corrected chi connectivity index (χ4v) is 3.15. The summed E-state index contributed by atoms with van der Waals surface area (Å²) in [6.45, 7) is 0. The number of amides is 2. The number of rotatable bonds is 6. The molecule has 2 aromatic rings. The van der Waals surface area contributed by atoms with Gasteiger partial charge in [-0.15, -0.1) is 0 Å². The van der Waals surface area contributed by atoms with Crippen LogP contribution in [0.15, 0.2) is 53.4 Å². The third kappa shape index (κ3) is 4.90. The van der Waals surface area contributed by atoms with Crippen molar-refractivity contribution in [3.8, 4) is 5.75 Å². The van der Waals surface area contributed by atoms with Crippen molar-refractivity contribution in [2.24, 2.45) is 0 Å². The van der Waals surface area contributed by atoms with Crippen molar-refractivity contribution in [3.05, 3.63) is 54.1 Å². The molecular weight excluding hydrogens is 340 g/mol. The van der Waals surface area contributed by atoms with E-state index in [1.165, 1.54) is 24.3 Å². The molecule has 1 unspecified atom stereocenters. The zero-order valence-electron chi connectivity index (χ0n) is 13.4. The van der Waals surface area contributed by atoms with Crippen LogP contribution in [0.1, 0.15) is 23.2 Å². The van der Waals surface area contributed by atoms with Crippen molar-refractivity contribution < 1.29 is 18.9 Å². The lowest BCUT2D eigenvalue weighted by Crippen LogP contribution is -2.25. The summed E-state index contributed by atoms with van der Waals surface area (Å²) in [5.41, 5.74) is 0.959. The summed E-state index contributed by atoms with van der Waals surface area (Å²) in [5, 5.41) is 14.8. The molecule has 6 nitrogen and oxygen atoms in total. The first-order chi connectivity index (χ1) is 12.0. The van der Waals surface area contributed by atoms with Crippen molar-refractivity contribution in [2.75, 3.05) is 11.1 Å². The van der Waals surface area contributed by atoms with Gasteiger partial charge >= 0.3 is 0 Å². The number of phenolic OH excluding ortho intramolecular Hbond substituents is 1. The van der Waals surface area contributed by atoms with E-state index in [1.807, 2.05) is 0 Å². The molecule has 0 saturated heterocycles. The summed E-state index contributed by atoms with van der Waals surface area (Å²) in [4.78, 5) is 24.6. The van der Waals surface area contributed by atoms with Crippen molar-refractivity contribution >= 4 is 28.3 Å². The average molecular weight is 358 g/mol. The standard InChI is InChI=1S/C18H18N2O4S/c21-15-6-8-16(9-7-15)25(24)11-17(22)19-14-3-1-2-12(10-14)18(23)20-13-4-5-13/h1-3,6-10,13,21H,4-5,11H2,(H,19,22)(H,20,23). The van der Waals surface area contributed by atoms with Crippen LogP contribution < -0.4 is 10.6 Å². The Bertz CT molecular complexity index is 816. The van der Waals surface area contributed by atoms with Gasteiger partial charge in [0.15, 0.2) is 0 Å². The van der Waals surface area contributed by atoms with Crippen LogP contribution in [0.2, 0.25) is 0 Å². The van der Waals surface area contributed by atoms with E-state index >= 15 is 0 Å². The summed E-state index contributed by atoms with van der Waals surface area (Å²) in [6, 6.07) is 12.8. The van der Waals surface area contributed by atoms with Gasteiger partial charge in [0.05, 0.1) is 10.8 Å². The molecule has 0 radical (unpaired) electrons. The third-order valence-electron chi connectivity index (χ3n) is 3.68. The molecule has 0 bridgehead atoms. The molecule has 0 aliphatic heterocycles. The molecule has 3 N–H and O–H groups in total. The van der Waals surface area contributed by atoms with Gasteiger partial charge in [0.1, 0.15) is 11.5 Å². The number of benzene rings is 2. The summed E-state index contributed by atoms with van der Waals surface area (Å²) >= 11 is 0. The summed E-state index contributed by atoms with van der Waals surface area (Å²) in [7, 11) is -1.51. The smallest absolute Gasteiger partial charge is 0.251 e. The highest BCUT2D eigenvalue weighted by Gasteiger charge is 2.23. The van der Waals surface area contributed by atoms with Crippen LogP contribution in [0.5, 0.6) is 5.75 Å². The zero-order valence-corrected chi connectivity index (χ0v) is 14.2. The van der Waals surface area contributed by atoms with Crippen LogP contribution in [0.25, 0.3) is 0 Å². The minimum Gasteiger partial charge on any atom is -0.508 e. The van der Waals surface area contributed by atoms with E-state index in [0.29, 0.717) is 16.1 Å². The molecule has 130 valence electrons. The fraction of sp³-hybridized carbons (Fsp3) is 0.222. The maximum absolute atomic E-state index is 12.2. The number of nitrogens with one attached hydrogen (secondary N) is 2. The minimum absolute atomic E-state index is 0.0755. The molecule has 25 heavy (non-hydrogen) atoms. The molecule has 2 aromatic carbocycles. The molecule has 1 fully saturated rings. The Kier molecular flexibility index (Phi) is 5.14. The van der Waals surface area contributed by atoms with Crippen LogP contribution in [-0.2, 0) is 15.6 Å². The van der Waals surface area contributed by atoms with Gasteiger partial charge in [-0.25, -0.2) is 0 Å². The fourth-order valence-electron chi connectivity index (χ4n) is 2.23. The minimum atomic E-state index is -1.51. The molecule has 2 amide bonds. The molecule has 1 aliphatic carbocycles. The molecule has 1 aliphatic rings. The Hall–Kier alpha value is -2.67. The second-order valence-electron chi connectivity index (χ2n) is 5.86. The maximum Gasteiger partial charge on any atom is 0.251 e. The number of carbonyl (C=O) groups excluding carboxylic acids is 2. The Labute approximate surface area is 147 Å². The Morgan fingerprint density at radius 2 is 1.84 bits per heavy atom. The number of phenols is 1. The Morgan fingerprint density at radius 3 is 2.52 bits per heavy atom. The molecule has 3 rings (SSSR count). The summed E-state index contributed by atoms with van der Waals surface area (Å²) in [6.07, 6.45) is 2.01. The van der Waals surface area contributed by atoms with Crippen molar-refractivity contribution in [1.82, 2.24) is 5.32 Å². The van der Waals surface area contributed by atoms with E-state index in [4.69, 9.17) is 0 Å². The van der Waals surface area contributed by atoms with Crippen LogP contribution in [-0.4, -0.2) is 32.9 Å². The molecule has 0 heterocycles. The van der Waals surface area contributed by atoms with E-state index in [2.05, 4.69) is 10.6 Å². The van der Waals surface area contributed by atoms with Crippen LogP contribution in [0, 0.1) is 0 Å². The maximum atomic E-state index is 12.2. The van der Waals surface area contributed by atoms with Crippen LogP contribution >= 0.6 is 0 Å². The predicted octanol–water partition coefficient (Wildman–Crippen LogP) is 2.03. The molecule has 1 saturated carbocycles. The highest BCUT2D eigenvalue weighted by Crippen LogP contribution is 2.20. The van der Waals surface area contributed by atoms with Gasteiger partial charge in [0, 0.05) is 22.2 Å². The molecule has 1 atom stereocenters. The van der Waals surface area contributed by atoms with E-state index < -0.39 is 16.7 Å². The SMILES string of the molecule is O=C(CS(=O)c1ccc(O)cc1)Nc1cccc(C(=O)NC2CC2)c1. The number of hydrogen-bond donors (Lipinski definition) is 3. The van der Waals surface area contributed by atoms with E-state index in [1.54, 1.807) is 24.3 Å². The lowest BCUT2D eigenvalue weighted by atomic mass is 10.2. The van der Waals surface area contributed by atoms with Crippen molar-refractivity contribution in [1.29, 1.82) is 0 Å². The van der Waals surface area contributed by atoms with Crippen molar-refractivity contribution in [2.45, 2.75) is 23.8 Å². The van der Waals surface area contributed by atoms with E-state index in [0.717, 1.165) is 12.8 Å². The van der Waals surface area contributed by atoms with Crippen molar-refractivity contribution in [3.63, 3.8) is 0 Å². The first-order valence-corrected chi connectivity index (χ1v) is 9.21. The van der Waals surface area contributed by atoms with Crippen LogP contribution in [0.4, 0.5) is 5.69 Å². The number of hydrogen-bond acceptors (Lipinski definition) is 4. The molecule has 0 aromatic heterocycles. The van der Waals surface area contributed by atoms with Gasteiger partial charge in [0.25, 0.3) is 5.91 Å². The quantitative estimate of drug-likeness (QED) is 0.736. The highest BCUT2D eigenvalue weighted by atomic mass is 32.2. The second kappa shape index (κ2) is 7.48. The summed E-state index contributed by atoms with van der Waals surface area (Å²) < 4.78 is 12.2. The number of anilines is 1. The number of carbonyl (C=O) groups is 2. The average Bonchev–Trinajstić information content (AvgIpc) is 3.39. The monoisotopic (exact) mass is 358 g/mol. The van der Waals surface area contributed by atoms with E-state index in [9.17, 15) is 18.9 Å². The van der Waals surface area contributed by atoms with Gasteiger partial charge in [0.2, 0.25) is 5.91 Å². The Balaban J connectivity index is 1.59. The summed E-state index contributed by atoms with van der Waals surface area (Å²) in [5.74, 6) is -0.701. The first-order valence-electron chi connectivity index (χ1n) is 7.89. The lowest BCUT2D eigenvalue weighted by Gasteiger charge is -2.08. The van der Waals surface area contributed by atoms with Crippen LogP contribution in [0.3, 0.4) is 0 Å². The predicted molar refractivity (Wildman–Crippen MR) is 94.9 cm³/mol. The molecular formula is C18H18N2O4S. The topological polar surface area (TPSA) is 95.5 Å². The number of aromatic hydroxyl groups is 1. The normalized spacial score (nSPS) is 14.6. The highest BCUT2D eigenvalue weighted by molar-refractivity contribution is 7.85. The second-order valence-corrected chi connectivity index (χ2v) is 7.31. The van der Waals surface area contributed by atoms with Gasteiger partial charge in [-0.1, -0.05) is 6.07 Å². The van der Waals surface area contributed by atoms with Gasteiger partial charge < -0.3 is 15.7 Å². The zero-order chi connectivity index (χ0) is 17.8. The third-order valence-corrected chi connectivity index (χ3v) is 5.01. The Morgan fingerprint density at radius 1 is 1.12 bits per heavy atom. The lowest BCUT2D eigenvalue weighted by molar-refractivity contribution is -0.113. The molecule has 0 spiro atoms. The molecule has 7 heteroatoms. The van der Waals surface area contributed by atoms with Gasteiger partial charge in [-0.3, -0.25) is 13.8 Å². The first kappa shape index (κ1) is 17.2. The largest absolute Gasteiger partial charge is 0.508 e. The van der Waals surface area contributed by atoms with Gasteiger partial charge in [-0.2, -0.15) is 0 Å². The van der Waals surface area contributed by atoms with Gasteiger partial charge in [-0.05, 0) is 55.3 Å². The van der Waals surface area contributed by atoms with E-state index in [-0.39, 0.29) is 23.5 Å².